The number of nitrogens with zero attached hydrogens (tertiary/aromatic N) is 2. The van der Waals surface area contributed by atoms with E-state index < -0.39 is 5.60 Å². The normalized spacial score (nSPS) is 27.8. The van der Waals surface area contributed by atoms with Crippen LogP contribution in [0.5, 0.6) is 0 Å². The van der Waals surface area contributed by atoms with Gasteiger partial charge in [0.15, 0.2) is 0 Å². The first-order valence-electron chi connectivity index (χ1n) is 9.14. The summed E-state index contributed by atoms with van der Waals surface area (Å²) >= 11 is 0. The summed E-state index contributed by atoms with van der Waals surface area (Å²) in [7, 11) is 1.77. The number of rotatable bonds is 5. The van der Waals surface area contributed by atoms with Gasteiger partial charge in [-0.2, -0.15) is 0 Å². The third-order valence-electron chi connectivity index (χ3n) is 4.70. The van der Waals surface area contributed by atoms with Gasteiger partial charge in [-0.3, -0.25) is 4.79 Å². The van der Waals surface area contributed by atoms with Gasteiger partial charge in [0, 0.05) is 32.3 Å². The highest BCUT2D eigenvalue weighted by Gasteiger charge is 2.35. The molecule has 5 heteroatoms. The zero-order chi connectivity index (χ0) is 16.9. The lowest BCUT2D eigenvalue weighted by atomic mass is 10.1. The Morgan fingerprint density at radius 2 is 1.65 bits per heavy atom. The fourth-order valence-corrected chi connectivity index (χ4v) is 3.80. The Balaban J connectivity index is 2.03. The molecule has 0 aromatic carbocycles. The van der Waals surface area contributed by atoms with Gasteiger partial charge in [0.25, 0.3) is 0 Å². The van der Waals surface area contributed by atoms with Gasteiger partial charge in [-0.1, -0.05) is 12.8 Å². The molecule has 2 saturated heterocycles. The smallest absolute Gasteiger partial charge is 0.307 e. The van der Waals surface area contributed by atoms with Crippen LogP contribution in [-0.2, 0) is 14.3 Å². The van der Waals surface area contributed by atoms with Crippen LogP contribution >= 0.6 is 0 Å². The Labute approximate surface area is 141 Å². The molecule has 2 fully saturated rings. The van der Waals surface area contributed by atoms with E-state index in [-0.39, 0.29) is 12.0 Å². The van der Waals surface area contributed by atoms with Crippen molar-refractivity contribution < 1.29 is 14.3 Å². The lowest BCUT2D eigenvalue weighted by Crippen LogP contribution is -2.52. The maximum absolute atomic E-state index is 12.3. The van der Waals surface area contributed by atoms with Crippen LogP contribution < -0.4 is 0 Å². The second kappa shape index (κ2) is 8.45. The fraction of sp³-hybridized carbons (Fsp3) is 0.944. The zero-order valence-corrected chi connectivity index (χ0v) is 15.3. The van der Waals surface area contributed by atoms with E-state index in [9.17, 15) is 4.79 Å². The Hall–Kier alpha value is -0.650. The molecule has 0 N–H and O–H groups in total. The molecule has 2 rings (SSSR count). The van der Waals surface area contributed by atoms with Crippen LogP contribution in [0, 0.1) is 0 Å². The van der Waals surface area contributed by atoms with Crippen molar-refractivity contribution in [1.29, 1.82) is 0 Å². The Morgan fingerprint density at radius 1 is 1.00 bits per heavy atom. The molecule has 0 aliphatic carbocycles. The Morgan fingerprint density at radius 3 is 2.35 bits per heavy atom. The molecule has 0 amide bonds. The number of hydrogen-bond acceptors (Lipinski definition) is 5. The van der Waals surface area contributed by atoms with Crippen LogP contribution in [0.1, 0.15) is 65.7 Å². The predicted molar refractivity (Wildman–Crippen MR) is 91.0 cm³/mol. The maximum atomic E-state index is 12.3. The van der Waals surface area contributed by atoms with Crippen LogP contribution in [0.4, 0.5) is 0 Å². The zero-order valence-electron chi connectivity index (χ0n) is 15.3. The molecule has 0 spiro atoms. The number of carbonyl (C=O) groups excluding carboxylic acids is 1. The van der Waals surface area contributed by atoms with Crippen molar-refractivity contribution in [2.24, 2.45) is 0 Å². The van der Waals surface area contributed by atoms with Crippen LogP contribution in [0.3, 0.4) is 0 Å². The summed E-state index contributed by atoms with van der Waals surface area (Å²) in [6.45, 7) is 8.71. The molecular formula is C18H34N2O3. The summed E-state index contributed by atoms with van der Waals surface area (Å²) in [6.07, 6.45) is 7.63. The minimum atomic E-state index is -0.404. The fourth-order valence-electron chi connectivity index (χ4n) is 3.80. The first-order chi connectivity index (χ1) is 10.9. The molecule has 0 unspecified atom stereocenters. The van der Waals surface area contributed by atoms with Crippen LogP contribution in [0.25, 0.3) is 0 Å². The largest absolute Gasteiger partial charge is 0.460 e. The molecule has 0 bridgehead atoms. The van der Waals surface area contributed by atoms with Gasteiger partial charge in [-0.15, -0.1) is 0 Å². The van der Waals surface area contributed by atoms with Crippen molar-refractivity contribution in [3.05, 3.63) is 0 Å². The van der Waals surface area contributed by atoms with Crippen LogP contribution in [0.2, 0.25) is 0 Å². The number of esters is 1. The van der Waals surface area contributed by atoms with E-state index in [1.54, 1.807) is 7.11 Å². The number of carbonyl (C=O) groups is 1. The van der Waals surface area contributed by atoms with Crippen molar-refractivity contribution in [1.82, 2.24) is 10.0 Å². The third-order valence-corrected chi connectivity index (χ3v) is 4.70. The number of hydrogen-bond donors (Lipinski definition) is 0. The molecular weight excluding hydrogens is 292 g/mol. The van der Waals surface area contributed by atoms with Crippen molar-refractivity contribution in [2.45, 2.75) is 83.4 Å². The second-order valence-corrected chi connectivity index (χ2v) is 7.87. The number of hydrazine groups is 1. The maximum Gasteiger partial charge on any atom is 0.307 e. The second-order valence-electron chi connectivity index (χ2n) is 7.87. The molecule has 2 aliphatic heterocycles. The SMILES string of the molecule is COC[C@@H]1CCCN1N1CCCCC[C@H]1CC(=O)OC(C)(C)C. The molecule has 2 heterocycles. The Kier molecular flexibility index (Phi) is 6.86. The lowest BCUT2D eigenvalue weighted by Gasteiger charge is -2.40. The Bertz CT molecular complexity index is 381. The monoisotopic (exact) mass is 326 g/mol. The summed E-state index contributed by atoms with van der Waals surface area (Å²) < 4.78 is 11.0. The minimum Gasteiger partial charge on any atom is -0.460 e. The number of methoxy groups -OCH3 is 1. The molecule has 5 nitrogen and oxygen atoms in total. The van der Waals surface area contributed by atoms with E-state index in [1.807, 2.05) is 20.8 Å². The average Bonchev–Trinajstić information content (AvgIpc) is 2.76. The number of ether oxygens (including phenoxy) is 2. The van der Waals surface area contributed by atoms with E-state index in [2.05, 4.69) is 10.0 Å². The average molecular weight is 326 g/mol. The highest BCUT2D eigenvalue weighted by molar-refractivity contribution is 5.70. The highest BCUT2D eigenvalue weighted by atomic mass is 16.6. The van der Waals surface area contributed by atoms with Crippen molar-refractivity contribution in [3.63, 3.8) is 0 Å². The quantitative estimate of drug-likeness (QED) is 0.727. The lowest BCUT2D eigenvalue weighted by molar-refractivity contribution is -0.159. The molecule has 0 aromatic rings. The van der Waals surface area contributed by atoms with Gasteiger partial charge in [-0.25, -0.2) is 10.0 Å². The summed E-state index contributed by atoms with van der Waals surface area (Å²) in [4.78, 5) is 12.3. The van der Waals surface area contributed by atoms with Gasteiger partial charge in [0.05, 0.1) is 13.0 Å². The molecule has 0 aromatic heterocycles. The topological polar surface area (TPSA) is 42.0 Å². The summed E-state index contributed by atoms with van der Waals surface area (Å²) in [5.74, 6) is -0.0723. The standard InChI is InChI=1S/C18H34N2O3/c1-18(2,3)23-17(21)13-15-9-6-5-7-11-19(15)20-12-8-10-16(20)14-22-4/h15-16H,5-14H2,1-4H3/t15-,16-/m0/s1. The molecule has 23 heavy (non-hydrogen) atoms. The molecule has 0 radical (unpaired) electrons. The highest BCUT2D eigenvalue weighted by Crippen LogP contribution is 2.28. The predicted octanol–water partition coefficient (Wildman–Crippen LogP) is 2.99. The van der Waals surface area contributed by atoms with Gasteiger partial charge in [0.2, 0.25) is 0 Å². The van der Waals surface area contributed by atoms with Crippen molar-refractivity contribution in [2.75, 3.05) is 26.8 Å². The van der Waals surface area contributed by atoms with Crippen LogP contribution in [-0.4, -0.2) is 60.5 Å². The summed E-state index contributed by atoms with van der Waals surface area (Å²) in [5, 5.41) is 4.94. The van der Waals surface area contributed by atoms with Gasteiger partial charge >= 0.3 is 5.97 Å². The van der Waals surface area contributed by atoms with Crippen molar-refractivity contribution in [3.8, 4) is 0 Å². The van der Waals surface area contributed by atoms with Gasteiger partial charge in [0.1, 0.15) is 5.60 Å². The van der Waals surface area contributed by atoms with E-state index in [0.717, 1.165) is 26.1 Å². The third kappa shape index (κ3) is 5.73. The van der Waals surface area contributed by atoms with Crippen molar-refractivity contribution >= 4 is 5.97 Å². The summed E-state index contributed by atoms with van der Waals surface area (Å²) in [5.41, 5.74) is -0.404. The van der Waals surface area contributed by atoms with Gasteiger partial charge < -0.3 is 9.47 Å². The molecule has 0 saturated carbocycles. The molecule has 2 atom stereocenters. The van der Waals surface area contributed by atoms with E-state index >= 15 is 0 Å². The van der Waals surface area contributed by atoms with Gasteiger partial charge in [-0.05, 0) is 46.5 Å². The van der Waals surface area contributed by atoms with Crippen LogP contribution in [0.15, 0.2) is 0 Å². The molecule has 134 valence electrons. The minimum absolute atomic E-state index is 0.0723. The first kappa shape index (κ1) is 18.7. The van der Waals surface area contributed by atoms with E-state index in [4.69, 9.17) is 9.47 Å². The first-order valence-corrected chi connectivity index (χ1v) is 9.14. The van der Waals surface area contributed by atoms with E-state index in [0.29, 0.717) is 12.5 Å². The molecule has 2 aliphatic rings. The summed E-state index contributed by atoms with van der Waals surface area (Å²) in [6, 6.07) is 0.726. The van der Waals surface area contributed by atoms with E-state index in [1.165, 1.54) is 32.1 Å².